The number of nitrogens with one attached hydrogen (secondary N) is 4. The third-order valence-corrected chi connectivity index (χ3v) is 3.08. The van der Waals surface area contributed by atoms with E-state index in [1.807, 2.05) is 7.05 Å². The molecular weight excluding hydrogens is 416 g/mol. The molecular formula is C30H74N4. The van der Waals surface area contributed by atoms with E-state index in [1.54, 1.807) is 0 Å². The Labute approximate surface area is 220 Å². The fraction of sp³-hybridized carbons (Fsp3) is 1.00. The molecule has 0 aliphatic carbocycles. The van der Waals surface area contributed by atoms with Crippen LogP contribution in [0.2, 0.25) is 0 Å². The van der Waals surface area contributed by atoms with Crippen LogP contribution >= 0.6 is 0 Å². The summed E-state index contributed by atoms with van der Waals surface area (Å²) >= 11 is 0. The van der Waals surface area contributed by atoms with Crippen LogP contribution in [0, 0.1) is 5.41 Å². The average Bonchev–Trinajstić information content (AvgIpc) is 2.48. The van der Waals surface area contributed by atoms with Gasteiger partial charge in [-0.25, -0.2) is 0 Å². The van der Waals surface area contributed by atoms with Gasteiger partial charge in [0.25, 0.3) is 0 Å². The van der Waals surface area contributed by atoms with Crippen LogP contribution in [0.4, 0.5) is 0 Å². The Hall–Kier alpha value is -0.160. The van der Waals surface area contributed by atoms with Crippen molar-refractivity contribution in [2.45, 2.75) is 173 Å². The lowest BCUT2D eigenvalue weighted by molar-refractivity contribution is 0.386. The molecule has 0 fully saturated rings. The zero-order valence-electron chi connectivity index (χ0n) is 28.2. The largest absolute Gasteiger partial charge is 0.315 e. The Morgan fingerprint density at radius 1 is 0.529 bits per heavy atom. The van der Waals surface area contributed by atoms with E-state index < -0.39 is 0 Å². The number of hydrogen-bond donors (Lipinski definition) is 4. The molecule has 0 aromatic carbocycles. The first-order chi connectivity index (χ1) is 14.6. The van der Waals surface area contributed by atoms with Crippen molar-refractivity contribution in [1.29, 1.82) is 0 Å². The van der Waals surface area contributed by atoms with E-state index in [1.165, 1.54) is 6.42 Å². The summed E-state index contributed by atoms with van der Waals surface area (Å²) < 4.78 is 0. The monoisotopic (exact) mass is 491 g/mol. The quantitative estimate of drug-likeness (QED) is 0.322. The van der Waals surface area contributed by atoms with Crippen molar-refractivity contribution in [1.82, 2.24) is 21.3 Å². The van der Waals surface area contributed by atoms with Gasteiger partial charge in [-0.3, -0.25) is 0 Å². The molecule has 0 heterocycles. The first-order valence-corrected chi connectivity index (χ1v) is 13.6. The van der Waals surface area contributed by atoms with Gasteiger partial charge in [0.05, 0.1) is 0 Å². The zero-order chi connectivity index (χ0) is 29.0. The van der Waals surface area contributed by atoms with Crippen molar-refractivity contribution >= 4 is 0 Å². The van der Waals surface area contributed by atoms with E-state index in [4.69, 9.17) is 0 Å². The Kier molecular flexibility index (Phi) is 27.1. The highest BCUT2D eigenvalue weighted by molar-refractivity contribution is 4.72. The minimum Gasteiger partial charge on any atom is -0.315 e. The molecule has 0 aliphatic heterocycles. The molecule has 0 spiro atoms. The highest BCUT2D eigenvalue weighted by Gasteiger charge is 2.09. The van der Waals surface area contributed by atoms with Gasteiger partial charge in [0.1, 0.15) is 0 Å². The van der Waals surface area contributed by atoms with Gasteiger partial charge in [0.15, 0.2) is 0 Å². The van der Waals surface area contributed by atoms with Gasteiger partial charge >= 0.3 is 0 Å². The molecule has 0 aromatic heterocycles. The van der Waals surface area contributed by atoms with E-state index >= 15 is 0 Å². The van der Waals surface area contributed by atoms with Crippen LogP contribution in [-0.4, -0.2) is 48.3 Å². The third-order valence-electron chi connectivity index (χ3n) is 3.08. The molecule has 4 N–H and O–H groups in total. The van der Waals surface area contributed by atoms with Crippen LogP contribution in [-0.2, 0) is 0 Å². The number of hydrogen-bond acceptors (Lipinski definition) is 4. The molecule has 0 saturated carbocycles. The second-order valence-corrected chi connectivity index (χ2v) is 15.0. The molecule has 0 atom stereocenters. The van der Waals surface area contributed by atoms with Crippen molar-refractivity contribution in [2.24, 2.45) is 5.41 Å². The molecule has 0 aliphatic rings. The molecule has 4 heteroatoms. The minimum atomic E-state index is 0.272. The Balaban J connectivity index is -0.000000104. The molecule has 0 rings (SSSR count). The summed E-state index contributed by atoms with van der Waals surface area (Å²) in [6.07, 6.45) is 1.22. The van der Waals surface area contributed by atoms with E-state index in [-0.39, 0.29) is 5.54 Å². The fourth-order valence-corrected chi connectivity index (χ4v) is 1.90. The van der Waals surface area contributed by atoms with Crippen LogP contribution in [0.3, 0.4) is 0 Å². The highest BCUT2D eigenvalue weighted by Crippen LogP contribution is 2.08. The fourth-order valence-electron chi connectivity index (χ4n) is 1.90. The molecule has 4 nitrogen and oxygen atoms in total. The number of rotatable bonds is 4. The van der Waals surface area contributed by atoms with Gasteiger partial charge in [-0.1, -0.05) is 55.4 Å². The summed E-state index contributed by atoms with van der Waals surface area (Å²) in [5.41, 5.74) is 1.67. The van der Waals surface area contributed by atoms with Crippen molar-refractivity contribution in [3.05, 3.63) is 0 Å². The maximum absolute atomic E-state index is 3.38. The molecule has 34 heavy (non-hydrogen) atoms. The second-order valence-electron chi connectivity index (χ2n) is 15.0. The smallest absolute Gasteiger partial charge is 0.00988 e. The molecule has 0 radical (unpaired) electrons. The molecule has 0 saturated heterocycles. The lowest BCUT2D eigenvalue weighted by Gasteiger charge is -2.23. The summed E-state index contributed by atoms with van der Waals surface area (Å²) in [4.78, 5) is 0. The van der Waals surface area contributed by atoms with Crippen LogP contribution < -0.4 is 21.3 Å². The van der Waals surface area contributed by atoms with Gasteiger partial charge in [-0.2, -0.15) is 0 Å². The molecule has 214 valence electrons. The van der Waals surface area contributed by atoms with E-state index in [2.05, 4.69) is 160 Å². The summed E-state index contributed by atoms with van der Waals surface area (Å²) in [5.74, 6) is 0. The van der Waals surface area contributed by atoms with Crippen LogP contribution in [0.15, 0.2) is 0 Å². The zero-order valence-corrected chi connectivity index (χ0v) is 28.2. The molecule has 0 bridgehead atoms. The summed E-state index contributed by atoms with van der Waals surface area (Å²) in [7, 11) is 1.96. The predicted octanol–water partition coefficient (Wildman–Crippen LogP) is 8.02. The summed E-state index contributed by atoms with van der Waals surface area (Å²) in [6.45, 7) is 45.5. The summed E-state index contributed by atoms with van der Waals surface area (Å²) in [5, 5.41) is 13.1. The lowest BCUT2D eigenvalue weighted by atomic mass is 10.0. The first-order valence-electron chi connectivity index (χ1n) is 13.6. The SMILES string of the molecule is CC(C)(C)C.CC(C)NC(C)(C)C.CCCNC(C)(C)C.CCNC(C)(C)C.CNC(C)(C)C. The van der Waals surface area contributed by atoms with Gasteiger partial charge < -0.3 is 21.3 Å². The van der Waals surface area contributed by atoms with Gasteiger partial charge in [0, 0.05) is 28.2 Å². The predicted molar refractivity (Wildman–Crippen MR) is 163 cm³/mol. The lowest BCUT2D eigenvalue weighted by Crippen LogP contribution is -2.40. The third kappa shape index (κ3) is 107. The molecule has 0 amide bonds. The van der Waals surface area contributed by atoms with Gasteiger partial charge in [-0.15, -0.1) is 0 Å². The minimum absolute atomic E-state index is 0.272. The Morgan fingerprint density at radius 3 is 0.853 bits per heavy atom. The first kappa shape index (κ1) is 43.9. The highest BCUT2D eigenvalue weighted by atomic mass is 15.0. The van der Waals surface area contributed by atoms with E-state index in [9.17, 15) is 0 Å². The average molecular weight is 491 g/mol. The van der Waals surface area contributed by atoms with Gasteiger partial charge in [0.2, 0.25) is 0 Å². The van der Waals surface area contributed by atoms with E-state index in [0.29, 0.717) is 28.1 Å². The topological polar surface area (TPSA) is 48.1 Å². The standard InChI is InChI=1S/2C7H17N.C6H15N.C5H13N.C5H12/c1-6(2)8-7(3,4)5;1-5-6-8-7(2,3)4;1-5-7-6(2,3)4;1-5(2,3)6-4;1-5(2,3)4/h6,8H,1-5H3;8H,5-6H2,1-4H3;7H,5H2,1-4H3;6H,1-4H3;1-4H3. The van der Waals surface area contributed by atoms with Crippen molar-refractivity contribution in [3.63, 3.8) is 0 Å². The summed E-state index contributed by atoms with van der Waals surface area (Å²) in [6, 6.07) is 0.593. The maximum Gasteiger partial charge on any atom is 0.00988 e. The van der Waals surface area contributed by atoms with Crippen molar-refractivity contribution < 1.29 is 0 Å². The normalized spacial score (nSPS) is 12.2. The second kappa shape index (κ2) is 21.0. The van der Waals surface area contributed by atoms with E-state index in [0.717, 1.165) is 13.1 Å². The van der Waals surface area contributed by atoms with Crippen molar-refractivity contribution in [3.8, 4) is 0 Å². The molecule has 0 unspecified atom stereocenters. The Morgan fingerprint density at radius 2 is 0.824 bits per heavy atom. The Bertz CT molecular complexity index is 388. The van der Waals surface area contributed by atoms with Crippen LogP contribution in [0.1, 0.15) is 145 Å². The molecule has 0 aromatic rings. The van der Waals surface area contributed by atoms with Gasteiger partial charge in [-0.05, 0) is 115 Å². The van der Waals surface area contributed by atoms with Crippen LogP contribution in [0.25, 0.3) is 0 Å². The van der Waals surface area contributed by atoms with Crippen LogP contribution in [0.5, 0.6) is 0 Å². The maximum atomic E-state index is 3.38. The van der Waals surface area contributed by atoms with Crippen molar-refractivity contribution in [2.75, 3.05) is 20.1 Å².